The smallest absolute Gasteiger partial charge is 0.128 e. The minimum Gasteiger partial charge on any atom is -0.355 e. The molecule has 2 aromatic heterocycles. The van der Waals surface area contributed by atoms with Gasteiger partial charge in [0.05, 0.1) is 6.20 Å². The number of rotatable bonds is 5. The third-order valence-corrected chi connectivity index (χ3v) is 3.27. The first-order valence-corrected chi connectivity index (χ1v) is 6.42. The minimum absolute atomic E-state index is 0.327. The maximum absolute atomic E-state index is 4.43. The molecule has 0 aliphatic heterocycles. The monoisotopic (exact) mass is 259 g/mol. The van der Waals surface area contributed by atoms with Crippen LogP contribution >= 0.6 is 0 Å². The van der Waals surface area contributed by atoms with Crippen LogP contribution in [0.4, 0.5) is 5.82 Å². The quantitative estimate of drug-likeness (QED) is 0.888. The number of aromatic nitrogens is 3. The molecule has 2 rings (SSSR count). The van der Waals surface area contributed by atoms with Crippen LogP contribution < -0.4 is 10.2 Å². The molecule has 0 saturated heterocycles. The Kier molecular flexibility index (Phi) is 4.16. The van der Waals surface area contributed by atoms with E-state index in [2.05, 4.69) is 33.3 Å². The van der Waals surface area contributed by atoms with Crippen molar-refractivity contribution in [3.8, 4) is 0 Å². The molecular weight excluding hydrogens is 238 g/mol. The Labute approximate surface area is 114 Å². The molecule has 1 atom stereocenters. The van der Waals surface area contributed by atoms with Gasteiger partial charge in [0.25, 0.3) is 0 Å². The van der Waals surface area contributed by atoms with Crippen molar-refractivity contribution in [1.82, 2.24) is 20.1 Å². The SMILES string of the molecule is CNC(C)c1ccnc(N(C)Cc2cnn(C)c2)c1. The summed E-state index contributed by atoms with van der Waals surface area (Å²) in [5, 5.41) is 7.42. The highest BCUT2D eigenvalue weighted by Gasteiger charge is 2.08. The Hall–Kier alpha value is -1.88. The Morgan fingerprint density at radius 2 is 2.26 bits per heavy atom. The topological polar surface area (TPSA) is 46.0 Å². The predicted octanol–water partition coefficient (Wildman–Crippen LogP) is 1.73. The maximum atomic E-state index is 4.43. The van der Waals surface area contributed by atoms with Gasteiger partial charge in [-0.15, -0.1) is 0 Å². The first-order valence-electron chi connectivity index (χ1n) is 6.42. The molecule has 0 spiro atoms. The third-order valence-electron chi connectivity index (χ3n) is 3.27. The lowest BCUT2D eigenvalue weighted by Gasteiger charge is -2.19. The van der Waals surface area contributed by atoms with E-state index in [9.17, 15) is 0 Å². The second-order valence-corrected chi connectivity index (χ2v) is 4.84. The van der Waals surface area contributed by atoms with Gasteiger partial charge in [-0.05, 0) is 31.7 Å². The Balaban J connectivity index is 2.12. The molecule has 19 heavy (non-hydrogen) atoms. The molecular formula is C14H21N5. The lowest BCUT2D eigenvalue weighted by atomic mass is 10.1. The third kappa shape index (κ3) is 3.32. The molecule has 2 aromatic rings. The number of anilines is 1. The van der Waals surface area contributed by atoms with Crippen molar-refractivity contribution in [2.75, 3.05) is 19.0 Å². The van der Waals surface area contributed by atoms with Crippen molar-refractivity contribution in [2.24, 2.45) is 7.05 Å². The van der Waals surface area contributed by atoms with Crippen molar-refractivity contribution in [2.45, 2.75) is 19.5 Å². The van der Waals surface area contributed by atoms with Gasteiger partial charge in [0.2, 0.25) is 0 Å². The van der Waals surface area contributed by atoms with Gasteiger partial charge in [0.1, 0.15) is 5.82 Å². The normalized spacial score (nSPS) is 12.4. The zero-order chi connectivity index (χ0) is 13.8. The Morgan fingerprint density at radius 1 is 1.47 bits per heavy atom. The molecule has 5 heteroatoms. The van der Waals surface area contributed by atoms with Crippen LogP contribution in [0.25, 0.3) is 0 Å². The fourth-order valence-corrected chi connectivity index (χ4v) is 1.99. The minimum atomic E-state index is 0.327. The van der Waals surface area contributed by atoms with Gasteiger partial charge in [-0.1, -0.05) is 0 Å². The molecule has 0 fully saturated rings. The number of nitrogens with zero attached hydrogens (tertiary/aromatic N) is 4. The Morgan fingerprint density at radius 3 is 2.89 bits per heavy atom. The fraction of sp³-hybridized carbons (Fsp3) is 0.429. The maximum Gasteiger partial charge on any atom is 0.128 e. The fourth-order valence-electron chi connectivity index (χ4n) is 1.99. The summed E-state index contributed by atoms with van der Waals surface area (Å²) in [6.07, 6.45) is 5.77. The van der Waals surface area contributed by atoms with E-state index in [0.29, 0.717) is 6.04 Å². The summed E-state index contributed by atoms with van der Waals surface area (Å²) in [4.78, 5) is 6.56. The van der Waals surface area contributed by atoms with E-state index in [-0.39, 0.29) is 0 Å². The van der Waals surface area contributed by atoms with Crippen molar-refractivity contribution >= 4 is 5.82 Å². The van der Waals surface area contributed by atoms with Crippen LogP contribution in [-0.4, -0.2) is 28.9 Å². The van der Waals surface area contributed by atoms with Crippen molar-refractivity contribution in [1.29, 1.82) is 0 Å². The molecule has 1 N–H and O–H groups in total. The highest BCUT2D eigenvalue weighted by atomic mass is 15.2. The number of nitrogens with one attached hydrogen (secondary N) is 1. The van der Waals surface area contributed by atoms with Crippen LogP contribution in [0.5, 0.6) is 0 Å². The van der Waals surface area contributed by atoms with Crippen LogP contribution in [0.1, 0.15) is 24.1 Å². The van der Waals surface area contributed by atoms with Gasteiger partial charge in [-0.25, -0.2) is 4.98 Å². The van der Waals surface area contributed by atoms with Crippen LogP contribution in [-0.2, 0) is 13.6 Å². The number of hydrogen-bond donors (Lipinski definition) is 1. The number of aryl methyl sites for hydroxylation is 1. The largest absolute Gasteiger partial charge is 0.355 e. The van der Waals surface area contributed by atoms with Crippen molar-refractivity contribution in [3.63, 3.8) is 0 Å². The van der Waals surface area contributed by atoms with Crippen molar-refractivity contribution in [3.05, 3.63) is 41.9 Å². The van der Waals surface area contributed by atoms with Gasteiger partial charge in [0.15, 0.2) is 0 Å². The average molecular weight is 259 g/mol. The van der Waals surface area contributed by atoms with E-state index >= 15 is 0 Å². The molecule has 5 nitrogen and oxygen atoms in total. The zero-order valence-electron chi connectivity index (χ0n) is 12.0. The summed E-state index contributed by atoms with van der Waals surface area (Å²) < 4.78 is 1.82. The molecule has 1 unspecified atom stereocenters. The summed E-state index contributed by atoms with van der Waals surface area (Å²) in [7, 11) is 5.93. The van der Waals surface area contributed by atoms with Gasteiger partial charge in [-0.3, -0.25) is 4.68 Å². The molecule has 0 aliphatic carbocycles. The second-order valence-electron chi connectivity index (χ2n) is 4.84. The van der Waals surface area contributed by atoms with Crippen molar-refractivity contribution < 1.29 is 0 Å². The average Bonchev–Trinajstić information content (AvgIpc) is 2.83. The van der Waals surface area contributed by atoms with Crippen LogP contribution in [0, 0.1) is 0 Å². The van der Waals surface area contributed by atoms with E-state index in [4.69, 9.17) is 0 Å². The summed E-state index contributed by atoms with van der Waals surface area (Å²) in [6.45, 7) is 2.94. The molecule has 102 valence electrons. The highest BCUT2D eigenvalue weighted by molar-refractivity contribution is 5.41. The molecule has 0 bridgehead atoms. The first kappa shape index (κ1) is 13.5. The molecule has 2 heterocycles. The van der Waals surface area contributed by atoms with Gasteiger partial charge >= 0.3 is 0 Å². The standard InChI is InChI=1S/C14H21N5/c1-11(15-2)13-5-6-16-14(7-13)18(3)9-12-8-17-19(4)10-12/h5-8,10-11,15H,9H2,1-4H3. The van der Waals surface area contributed by atoms with Gasteiger partial charge in [-0.2, -0.15) is 5.10 Å². The first-order chi connectivity index (χ1) is 9.10. The molecule has 0 radical (unpaired) electrons. The van der Waals surface area contributed by atoms with Crippen LogP contribution in [0.2, 0.25) is 0 Å². The summed E-state index contributed by atoms with van der Waals surface area (Å²) in [6, 6.07) is 4.49. The lowest BCUT2D eigenvalue weighted by molar-refractivity contribution is 0.651. The van der Waals surface area contributed by atoms with E-state index in [0.717, 1.165) is 12.4 Å². The zero-order valence-corrected chi connectivity index (χ0v) is 12.0. The Bertz CT molecular complexity index is 534. The lowest BCUT2D eigenvalue weighted by Crippen LogP contribution is -2.19. The number of pyridine rings is 1. The number of hydrogen-bond acceptors (Lipinski definition) is 4. The molecule has 0 aliphatic rings. The summed E-state index contributed by atoms with van der Waals surface area (Å²) in [5.41, 5.74) is 2.42. The molecule has 0 amide bonds. The predicted molar refractivity (Wildman–Crippen MR) is 77.0 cm³/mol. The summed E-state index contributed by atoms with van der Waals surface area (Å²) in [5.74, 6) is 0.975. The second kappa shape index (κ2) is 5.84. The highest BCUT2D eigenvalue weighted by Crippen LogP contribution is 2.18. The molecule has 0 aromatic carbocycles. The van der Waals surface area contributed by atoms with Gasteiger partial charge in [0, 0.05) is 44.6 Å². The van der Waals surface area contributed by atoms with E-state index < -0.39 is 0 Å². The van der Waals surface area contributed by atoms with E-state index in [1.165, 1.54) is 11.1 Å². The van der Waals surface area contributed by atoms with E-state index in [1.807, 2.05) is 50.5 Å². The van der Waals surface area contributed by atoms with E-state index in [1.54, 1.807) is 0 Å². The van der Waals surface area contributed by atoms with Gasteiger partial charge < -0.3 is 10.2 Å². The molecule has 0 saturated carbocycles. The van der Waals surface area contributed by atoms with Crippen LogP contribution in [0.15, 0.2) is 30.7 Å². The van der Waals surface area contributed by atoms with Crippen LogP contribution in [0.3, 0.4) is 0 Å². The summed E-state index contributed by atoms with van der Waals surface area (Å²) >= 11 is 0.